The van der Waals surface area contributed by atoms with Gasteiger partial charge in [0, 0.05) is 25.1 Å². The molecule has 0 amide bonds. The minimum absolute atomic E-state index is 0.243. The van der Waals surface area contributed by atoms with Crippen molar-refractivity contribution >= 4 is 5.97 Å². The summed E-state index contributed by atoms with van der Waals surface area (Å²) in [7, 11) is 1.61. The van der Waals surface area contributed by atoms with Gasteiger partial charge in [-0.2, -0.15) is 0 Å². The Bertz CT molecular complexity index is 450. The van der Waals surface area contributed by atoms with Crippen molar-refractivity contribution < 1.29 is 14.6 Å². The maximum Gasteiger partial charge on any atom is 0.303 e. The predicted molar refractivity (Wildman–Crippen MR) is 75.7 cm³/mol. The Morgan fingerprint density at radius 1 is 1.50 bits per heavy atom. The van der Waals surface area contributed by atoms with Crippen LogP contribution in [0.4, 0.5) is 0 Å². The number of hydrogen-bond acceptors (Lipinski definition) is 4. The van der Waals surface area contributed by atoms with Crippen LogP contribution < -0.4 is 4.74 Å². The summed E-state index contributed by atoms with van der Waals surface area (Å²) in [4.78, 5) is 17.5. The largest absolute Gasteiger partial charge is 0.481 e. The van der Waals surface area contributed by atoms with E-state index in [2.05, 4.69) is 9.88 Å². The van der Waals surface area contributed by atoms with Crippen LogP contribution in [0.25, 0.3) is 0 Å². The van der Waals surface area contributed by atoms with E-state index in [0.717, 1.165) is 31.6 Å². The first-order chi connectivity index (χ1) is 9.69. The third-order valence-corrected chi connectivity index (χ3v) is 3.80. The normalized spacial score (nSPS) is 19.8. The first-order valence-electron chi connectivity index (χ1n) is 7.15. The van der Waals surface area contributed by atoms with E-state index in [1.165, 1.54) is 12.8 Å². The number of hydrogen-bond donors (Lipinski definition) is 1. The zero-order valence-electron chi connectivity index (χ0n) is 11.9. The van der Waals surface area contributed by atoms with E-state index in [1.54, 1.807) is 7.11 Å². The topological polar surface area (TPSA) is 62.7 Å². The average Bonchev–Trinajstić information content (AvgIpc) is 2.46. The van der Waals surface area contributed by atoms with Gasteiger partial charge in [-0.15, -0.1) is 0 Å². The Morgan fingerprint density at radius 3 is 3.10 bits per heavy atom. The number of likely N-dealkylation sites (tertiary alicyclic amines) is 1. The van der Waals surface area contributed by atoms with E-state index in [-0.39, 0.29) is 6.42 Å². The number of ether oxygens (including phenoxy) is 1. The van der Waals surface area contributed by atoms with Gasteiger partial charge in [0.15, 0.2) is 0 Å². The van der Waals surface area contributed by atoms with Crippen LogP contribution in [-0.2, 0) is 11.3 Å². The summed E-state index contributed by atoms with van der Waals surface area (Å²) in [6.45, 7) is 1.78. The first kappa shape index (κ1) is 14.8. The summed E-state index contributed by atoms with van der Waals surface area (Å²) >= 11 is 0. The van der Waals surface area contributed by atoms with Crippen LogP contribution in [0.5, 0.6) is 5.88 Å². The molecule has 0 aliphatic carbocycles. The lowest BCUT2D eigenvalue weighted by molar-refractivity contribution is -0.137. The Kier molecular flexibility index (Phi) is 5.35. The fourth-order valence-electron chi connectivity index (χ4n) is 2.75. The number of rotatable bonds is 6. The van der Waals surface area contributed by atoms with Gasteiger partial charge in [-0.3, -0.25) is 9.69 Å². The molecule has 0 spiro atoms. The highest BCUT2D eigenvalue weighted by molar-refractivity contribution is 5.66. The van der Waals surface area contributed by atoms with E-state index in [4.69, 9.17) is 9.84 Å². The number of nitrogens with zero attached hydrogens (tertiary/aromatic N) is 2. The van der Waals surface area contributed by atoms with E-state index < -0.39 is 5.97 Å². The van der Waals surface area contributed by atoms with Crippen molar-refractivity contribution in [3.63, 3.8) is 0 Å². The van der Waals surface area contributed by atoms with E-state index in [9.17, 15) is 4.79 Å². The van der Waals surface area contributed by atoms with Gasteiger partial charge in [-0.25, -0.2) is 4.98 Å². The van der Waals surface area contributed by atoms with Crippen molar-refractivity contribution in [3.05, 3.63) is 23.9 Å². The van der Waals surface area contributed by atoms with Crippen LogP contribution in [0.3, 0.4) is 0 Å². The van der Waals surface area contributed by atoms with Crippen LogP contribution in [-0.4, -0.2) is 40.7 Å². The van der Waals surface area contributed by atoms with Gasteiger partial charge in [0.25, 0.3) is 0 Å². The van der Waals surface area contributed by atoms with Gasteiger partial charge in [0.1, 0.15) is 0 Å². The van der Waals surface area contributed by atoms with E-state index >= 15 is 0 Å². The highest BCUT2D eigenvalue weighted by atomic mass is 16.5. The summed E-state index contributed by atoms with van der Waals surface area (Å²) in [5, 5.41) is 8.84. The minimum Gasteiger partial charge on any atom is -0.481 e. The molecule has 1 aliphatic rings. The molecule has 0 aromatic carbocycles. The quantitative estimate of drug-likeness (QED) is 0.865. The lowest BCUT2D eigenvalue weighted by atomic mass is 9.97. The van der Waals surface area contributed by atoms with Crippen molar-refractivity contribution in [1.29, 1.82) is 0 Å². The molecule has 1 N–H and O–H groups in total. The highest BCUT2D eigenvalue weighted by Gasteiger charge is 2.23. The number of piperidine rings is 1. The van der Waals surface area contributed by atoms with Crippen LogP contribution in [0, 0.1) is 0 Å². The van der Waals surface area contributed by atoms with Crippen molar-refractivity contribution in [2.75, 3.05) is 13.7 Å². The fraction of sp³-hybridized carbons (Fsp3) is 0.600. The molecular formula is C15H22N2O3. The molecule has 20 heavy (non-hydrogen) atoms. The zero-order chi connectivity index (χ0) is 14.4. The molecule has 1 saturated heterocycles. The second-order valence-corrected chi connectivity index (χ2v) is 5.22. The van der Waals surface area contributed by atoms with E-state index in [1.807, 2.05) is 18.2 Å². The molecule has 1 fully saturated rings. The molecule has 110 valence electrons. The highest BCUT2D eigenvalue weighted by Crippen LogP contribution is 2.23. The Labute approximate surface area is 119 Å². The van der Waals surface area contributed by atoms with Gasteiger partial charge >= 0.3 is 5.97 Å². The standard InChI is InChI=1S/C15H22N2O3/c1-20-14-7-4-5-12(16-14)11-17-10-3-2-6-13(17)8-9-15(18)19/h4-5,7,13H,2-3,6,8-11H2,1H3,(H,18,19). The number of carbonyl (C=O) groups is 1. The van der Waals surface area contributed by atoms with Crippen molar-refractivity contribution in [1.82, 2.24) is 9.88 Å². The minimum atomic E-state index is -0.713. The molecule has 0 radical (unpaired) electrons. The molecule has 2 heterocycles. The number of carboxylic acids is 1. The Morgan fingerprint density at radius 2 is 2.35 bits per heavy atom. The molecule has 5 heteroatoms. The molecule has 1 atom stereocenters. The maximum atomic E-state index is 10.7. The number of methoxy groups -OCH3 is 1. The second kappa shape index (κ2) is 7.24. The summed E-state index contributed by atoms with van der Waals surface area (Å²) in [5.41, 5.74) is 0.978. The summed E-state index contributed by atoms with van der Waals surface area (Å²) in [5.74, 6) is -0.0865. The van der Waals surface area contributed by atoms with Crippen LogP contribution >= 0.6 is 0 Å². The molecule has 0 bridgehead atoms. The molecular weight excluding hydrogens is 256 g/mol. The van der Waals surface area contributed by atoms with Gasteiger partial charge in [0.2, 0.25) is 5.88 Å². The monoisotopic (exact) mass is 278 g/mol. The predicted octanol–water partition coefficient (Wildman–Crippen LogP) is 2.31. The van der Waals surface area contributed by atoms with Crippen molar-refractivity contribution in [2.45, 2.75) is 44.7 Å². The van der Waals surface area contributed by atoms with Crippen LogP contribution in [0.1, 0.15) is 37.8 Å². The van der Waals surface area contributed by atoms with Gasteiger partial charge < -0.3 is 9.84 Å². The number of carboxylic acid groups (broad SMARTS) is 1. The van der Waals surface area contributed by atoms with Gasteiger partial charge in [0.05, 0.1) is 12.8 Å². The van der Waals surface area contributed by atoms with Gasteiger partial charge in [-0.05, 0) is 31.9 Å². The maximum absolute atomic E-state index is 10.7. The van der Waals surface area contributed by atoms with Crippen molar-refractivity contribution in [2.24, 2.45) is 0 Å². The zero-order valence-corrected chi connectivity index (χ0v) is 11.9. The lowest BCUT2D eigenvalue weighted by Gasteiger charge is -2.35. The molecule has 1 aliphatic heterocycles. The Balaban J connectivity index is 1.98. The SMILES string of the molecule is COc1cccc(CN2CCCCC2CCC(=O)O)n1. The first-order valence-corrected chi connectivity index (χ1v) is 7.15. The third kappa shape index (κ3) is 4.20. The molecule has 1 aromatic heterocycles. The average molecular weight is 278 g/mol. The molecule has 0 saturated carbocycles. The number of pyridine rings is 1. The lowest BCUT2D eigenvalue weighted by Crippen LogP contribution is -2.39. The smallest absolute Gasteiger partial charge is 0.303 e. The summed E-state index contributed by atoms with van der Waals surface area (Å²) < 4.78 is 5.14. The van der Waals surface area contributed by atoms with E-state index in [0.29, 0.717) is 11.9 Å². The number of aromatic nitrogens is 1. The van der Waals surface area contributed by atoms with Crippen LogP contribution in [0.2, 0.25) is 0 Å². The Hall–Kier alpha value is -1.62. The number of aliphatic carboxylic acids is 1. The fourth-order valence-corrected chi connectivity index (χ4v) is 2.75. The van der Waals surface area contributed by atoms with Crippen molar-refractivity contribution in [3.8, 4) is 5.88 Å². The molecule has 5 nitrogen and oxygen atoms in total. The second-order valence-electron chi connectivity index (χ2n) is 5.22. The third-order valence-electron chi connectivity index (χ3n) is 3.80. The van der Waals surface area contributed by atoms with Crippen LogP contribution in [0.15, 0.2) is 18.2 Å². The molecule has 2 rings (SSSR count). The molecule has 1 unspecified atom stereocenters. The van der Waals surface area contributed by atoms with Gasteiger partial charge in [-0.1, -0.05) is 12.5 Å². The summed E-state index contributed by atoms with van der Waals surface area (Å²) in [6.07, 6.45) is 4.41. The molecule has 1 aromatic rings. The summed E-state index contributed by atoms with van der Waals surface area (Å²) in [6, 6.07) is 6.12.